The topological polar surface area (TPSA) is 81.7 Å². The third-order valence-corrected chi connectivity index (χ3v) is 9.23. The lowest BCUT2D eigenvalue weighted by atomic mass is 9.87. The molecule has 44 heavy (non-hydrogen) atoms. The van der Waals surface area contributed by atoms with E-state index in [4.69, 9.17) is 23.7 Å². The second-order valence-corrected chi connectivity index (χ2v) is 11.8. The van der Waals surface area contributed by atoms with Gasteiger partial charge in [-0.2, -0.15) is 0 Å². The monoisotopic (exact) mass is 594 g/mol. The predicted molar refractivity (Wildman–Crippen MR) is 168 cm³/mol. The molecule has 0 saturated heterocycles. The first-order valence-electron chi connectivity index (χ1n) is 15.1. The minimum atomic E-state index is 0.00200. The minimum absolute atomic E-state index is 0.00200. The molecule has 0 unspecified atom stereocenters. The fraction of sp³-hybridized carbons (Fsp3) is 0.333. The van der Waals surface area contributed by atoms with Crippen LogP contribution in [0.4, 0.5) is 0 Å². The summed E-state index contributed by atoms with van der Waals surface area (Å²) < 4.78 is 30.3. The van der Waals surface area contributed by atoms with E-state index in [0.717, 1.165) is 66.8 Å². The third kappa shape index (κ3) is 5.08. The number of hydrogen-bond acceptors (Lipinski definition) is 8. The standard InChI is InChI=1S/C36H38N2O6/c1-38-14-12-25-27-20-34(42-4)35(39)36(25)44-33-19-26-23(18-31(33)41-3)11-13-37-28(26)15-22-7-10-30(40-2)32(17-22)43-24-8-5-21(6-9-24)16-29(27)38/h5-10,17-20,28-29,37,39H,11-16H2,1-4H3/t28-,29-/m0/s1. The summed E-state index contributed by atoms with van der Waals surface area (Å²) in [6, 6.07) is 20.6. The predicted octanol–water partition coefficient (Wildman–Crippen LogP) is 6.52. The van der Waals surface area contributed by atoms with Crippen molar-refractivity contribution in [2.75, 3.05) is 41.5 Å². The maximum atomic E-state index is 11.4. The molecule has 4 aliphatic heterocycles. The van der Waals surface area contributed by atoms with Crippen molar-refractivity contribution in [3.05, 3.63) is 94.0 Å². The molecule has 228 valence electrons. The van der Waals surface area contributed by atoms with Gasteiger partial charge in [-0.3, -0.25) is 4.90 Å². The molecule has 8 rings (SSSR count). The SMILES string of the molecule is COc1ccc2cc1Oc1ccc(cc1)C[C@H]1c3cc(OC)c(O)c(c3CCN1C)Oc1cc3c(cc1OC)CCN[C@H]3C2. The average molecular weight is 595 g/mol. The first-order chi connectivity index (χ1) is 21.4. The molecule has 0 aliphatic carbocycles. The summed E-state index contributed by atoms with van der Waals surface area (Å²) in [5.41, 5.74) is 6.72. The molecule has 4 aromatic rings. The van der Waals surface area contributed by atoms with Gasteiger partial charge >= 0.3 is 0 Å². The molecule has 10 bridgehead atoms. The number of aromatic hydroxyl groups is 1. The van der Waals surface area contributed by atoms with Gasteiger partial charge in [0.1, 0.15) is 5.75 Å². The molecule has 0 amide bonds. The molecular formula is C36H38N2O6. The largest absolute Gasteiger partial charge is 0.502 e. The fourth-order valence-electron chi connectivity index (χ4n) is 6.84. The molecule has 4 aliphatic rings. The lowest BCUT2D eigenvalue weighted by Crippen LogP contribution is -2.33. The van der Waals surface area contributed by atoms with Crippen LogP contribution in [0.5, 0.6) is 46.0 Å². The summed E-state index contributed by atoms with van der Waals surface area (Å²) in [5.74, 6) is 4.13. The Hall–Kier alpha value is -4.40. The molecule has 8 heteroatoms. The number of rotatable bonds is 3. The van der Waals surface area contributed by atoms with Crippen LogP contribution in [0, 0.1) is 0 Å². The van der Waals surface area contributed by atoms with Gasteiger partial charge in [0.15, 0.2) is 34.5 Å². The van der Waals surface area contributed by atoms with Gasteiger partial charge in [-0.05, 0) is 110 Å². The van der Waals surface area contributed by atoms with Crippen molar-refractivity contribution < 1.29 is 28.8 Å². The van der Waals surface area contributed by atoms with Crippen LogP contribution in [0.1, 0.15) is 45.5 Å². The molecule has 4 heterocycles. The van der Waals surface area contributed by atoms with Crippen molar-refractivity contribution >= 4 is 0 Å². The van der Waals surface area contributed by atoms with Crippen molar-refractivity contribution in [3.8, 4) is 46.0 Å². The normalized spacial score (nSPS) is 19.1. The molecule has 2 N–H and O–H groups in total. The second-order valence-electron chi connectivity index (χ2n) is 11.8. The van der Waals surface area contributed by atoms with Gasteiger partial charge in [0, 0.05) is 24.2 Å². The Morgan fingerprint density at radius 3 is 2.30 bits per heavy atom. The summed E-state index contributed by atoms with van der Waals surface area (Å²) in [6.07, 6.45) is 3.12. The van der Waals surface area contributed by atoms with Gasteiger partial charge in [0.25, 0.3) is 0 Å². The number of nitrogens with one attached hydrogen (secondary N) is 1. The van der Waals surface area contributed by atoms with Gasteiger partial charge in [-0.25, -0.2) is 0 Å². The Labute approximate surface area is 258 Å². The highest BCUT2D eigenvalue weighted by atomic mass is 16.5. The summed E-state index contributed by atoms with van der Waals surface area (Å²) in [7, 11) is 7.04. The number of methoxy groups -OCH3 is 3. The van der Waals surface area contributed by atoms with Gasteiger partial charge < -0.3 is 34.1 Å². The lowest BCUT2D eigenvalue weighted by Gasteiger charge is -2.36. The maximum absolute atomic E-state index is 11.4. The maximum Gasteiger partial charge on any atom is 0.201 e. The quantitative estimate of drug-likeness (QED) is 0.278. The number of ether oxygens (including phenoxy) is 5. The minimum Gasteiger partial charge on any atom is -0.502 e. The van der Waals surface area contributed by atoms with Crippen LogP contribution in [0.3, 0.4) is 0 Å². The molecule has 4 aromatic carbocycles. The average Bonchev–Trinajstić information content (AvgIpc) is 3.04. The highest BCUT2D eigenvalue weighted by Crippen LogP contribution is 2.50. The highest BCUT2D eigenvalue weighted by molar-refractivity contribution is 5.62. The Balaban J connectivity index is 1.42. The number of fused-ring (bicyclic) bond motifs is 2. The van der Waals surface area contributed by atoms with E-state index >= 15 is 0 Å². The number of phenolic OH excluding ortho intramolecular Hbond substituents is 1. The van der Waals surface area contributed by atoms with E-state index in [-0.39, 0.29) is 17.8 Å². The van der Waals surface area contributed by atoms with Crippen molar-refractivity contribution in [2.24, 2.45) is 0 Å². The zero-order valence-electron chi connectivity index (χ0n) is 25.6. The van der Waals surface area contributed by atoms with Crippen LogP contribution < -0.4 is 29.0 Å². The van der Waals surface area contributed by atoms with E-state index in [0.29, 0.717) is 34.5 Å². The van der Waals surface area contributed by atoms with E-state index < -0.39 is 0 Å². The van der Waals surface area contributed by atoms with E-state index in [1.165, 1.54) is 11.1 Å². The molecule has 8 nitrogen and oxygen atoms in total. The number of phenols is 1. The zero-order valence-corrected chi connectivity index (χ0v) is 25.6. The van der Waals surface area contributed by atoms with E-state index in [9.17, 15) is 5.11 Å². The zero-order chi connectivity index (χ0) is 30.4. The first kappa shape index (κ1) is 28.4. The summed E-state index contributed by atoms with van der Waals surface area (Å²) >= 11 is 0. The summed E-state index contributed by atoms with van der Waals surface area (Å²) in [6.45, 7) is 1.68. The molecule has 0 saturated carbocycles. The number of benzene rings is 4. The van der Waals surface area contributed by atoms with Crippen LogP contribution in [0.25, 0.3) is 0 Å². The van der Waals surface area contributed by atoms with Crippen molar-refractivity contribution in [3.63, 3.8) is 0 Å². The van der Waals surface area contributed by atoms with Gasteiger partial charge in [0.05, 0.1) is 21.3 Å². The summed E-state index contributed by atoms with van der Waals surface area (Å²) in [4.78, 5) is 2.35. The molecule has 0 fully saturated rings. The molecule has 0 radical (unpaired) electrons. The van der Waals surface area contributed by atoms with E-state index in [1.807, 2.05) is 24.3 Å². The van der Waals surface area contributed by atoms with E-state index in [2.05, 4.69) is 53.7 Å². The van der Waals surface area contributed by atoms with Crippen LogP contribution in [-0.2, 0) is 25.7 Å². The molecular weight excluding hydrogens is 556 g/mol. The van der Waals surface area contributed by atoms with Crippen LogP contribution >= 0.6 is 0 Å². The van der Waals surface area contributed by atoms with E-state index in [1.54, 1.807) is 21.3 Å². The molecule has 0 spiro atoms. The Morgan fingerprint density at radius 2 is 1.52 bits per heavy atom. The Morgan fingerprint density at radius 1 is 0.773 bits per heavy atom. The van der Waals surface area contributed by atoms with Gasteiger partial charge in [-0.1, -0.05) is 18.2 Å². The smallest absolute Gasteiger partial charge is 0.201 e. The Kier molecular flexibility index (Phi) is 7.48. The van der Waals surface area contributed by atoms with Gasteiger partial charge in [0.2, 0.25) is 5.75 Å². The number of hydrogen-bond donors (Lipinski definition) is 2. The fourth-order valence-corrected chi connectivity index (χ4v) is 6.84. The van der Waals surface area contributed by atoms with Crippen LogP contribution in [0.2, 0.25) is 0 Å². The molecule has 0 aromatic heterocycles. The van der Waals surface area contributed by atoms with Crippen molar-refractivity contribution in [2.45, 2.75) is 37.8 Å². The van der Waals surface area contributed by atoms with Crippen LogP contribution in [0.15, 0.2) is 60.7 Å². The first-order valence-corrected chi connectivity index (χ1v) is 15.1. The van der Waals surface area contributed by atoms with Crippen molar-refractivity contribution in [1.29, 1.82) is 0 Å². The highest BCUT2D eigenvalue weighted by Gasteiger charge is 2.32. The second kappa shape index (κ2) is 11.6. The lowest BCUT2D eigenvalue weighted by molar-refractivity contribution is 0.225. The van der Waals surface area contributed by atoms with Crippen LogP contribution in [-0.4, -0.2) is 51.5 Å². The summed E-state index contributed by atoms with van der Waals surface area (Å²) in [5, 5.41) is 15.1. The third-order valence-electron chi connectivity index (χ3n) is 9.23. The molecule has 2 atom stereocenters. The number of likely N-dealkylation sites (N-methyl/N-ethyl adjacent to an activating group) is 1. The Bertz CT molecular complexity index is 1700. The number of nitrogens with zero attached hydrogens (tertiary/aromatic N) is 1. The van der Waals surface area contributed by atoms with Crippen molar-refractivity contribution in [1.82, 2.24) is 10.2 Å². The van der Waals surface area contributed by atoms with Gasteiger partial charge in [-0.15, -0.1) is 0 Å².